The van der Waals surface area contributed by atoms with Crippen molar-refractivity contribution in [2.45, 2.75) is 6.10 Å². The predicted molar refractivity (Wildman–Crippen MR) is 126 cm³/mol. The van der Waals surface area contributed by atoms with E-state index < -0.39 is 6.10 Å². The number of ether oxygens (including phenoxy) is 2. The molecular formula is C26H25N3O5. The SMILES string of the molecule is O=C(NCC(=O)N1CCN(C(=O)[C@H]2COc3ccccc3O2)CC1)c1ccc2ccccc2c1. The van der Waals surface area contributed by atoms with Crippen LogP contribution in [0.5, 0.6) is 11.5 Å². The molecule has 1 N–H and O–H groups in total. The van der Waals surface area contributed by atoms with E-state index in [9.17, 15) is 14.4 Å². The zero-order valence-electron chi connectivity index (χ0n) is 18.6. The summed E-state index contributed by atoms with van der Waals surface area (Å²) in [5.74, 6) is 0.581. The van der Waals surface area contributed by atoms with Crippen LogP contribution >= 0.6 is 0 Å². The number of piperazine rings is 1. The van der Waals surface area contributed by atoms with Gasteiger partial charge in [-0.05, 0) is 35.0 Å². The molecule has 1 atom stereocenters. The number of amides is 3. The van der Waals surface area contributed by atoms with Crippen molar-refractivity contribution >= 4 is 28.5 Å². The molecule has 3 aromatic carbocycles. The molecule has 2 aliphatic heterocycles. The van der Waals surface area contributed by atoms with E-state index in [0.29, 0.717) is 43.2 Å². The summed E-state index contributed by atoms with van der Waals surface area (Å²) in [6.45, 7) is 1.70. The molecule has 174 valence electrons. The van der Waals surface area contributed by atoms with Crippen molar-refractivity contribution in [3.8, 4) is 11.5 Å². The monoisotopic (exact) mass is 459 g/mol. The third-order valence-corrected chi connectivity index (χ3v) is 6.14. The normalized spacial score (nSPS) is 17.4. The number of carbonyl (C=O) groups is 3. The number of hydrogen-bond donors (Lipinski definition) is 1. The Balaban J connectivity index is 1.10. The number of hydrogen-bond acceptors (Lipinski definition) is 5. The van der Waals surface area contributed by atoms with Gasteiger partial charge in [0.15, 0.2) is 11.5 Å². The van der Waals surface area contributed by atoms with Gasteiger partial charge in [-0.2, -0.15) is 0 Å². The van der Waals surface area contributed by atoms with Crippen LogP contribution in [0.4, 0.5) is 0 Å². The highest BCUT2D eigenvalue weighted by Gasteiger charge is 2.33. The van der Waals surface area contributed by atoms with Crippen molar-refractivity contribution in [2.24, 2.45) is 0 Å². The van der Waals surface area contributed by atoms with Gasteiger partial charge < -0.3 is 24.6 Å². The molecule has 0 saturated carbocycles. The van der Waals surface area contributed by atoms with E-state index in [1.54, 1.807) is 28.0 Å². The fourth-order valence-corrected chi connectivity index (χ4v) is 4.22. The van der Waals surface area contributed by atoms with E-state index in [4.69, 9.17) is 9.47 Å². The Morgan fingerprint density at radius 2 is 1.50 bits per heavy atom. The Kier molecular flexibility index (Phi) is 6.03. The lowest BCUT2D eigenvalue weighted by Crippen LogP contribution is -2.56. The molecule has 1 saturated heterocycles. The average molecular weight is 460 g/mol. The summed E-state index contributed by atoms with van der Waals surface area (Å²) >= 11 is 0. The number of nitrogens with zero attached hydrogens (tertiary/aromatic N) is 2. The highest BCUT2D eigenvalue weighted by atomic mass is 16.6. The lowest BCUT2D eigenvalue weighted by Gasteiger charge is -2.37. The maximum Gasteiger partial charge on any atom is 0.267 e. The summed E-state index contributed by atoms with van der Waals surface area (Å²) in [6.07, 6.45) is -0.696. The molecule has 0 bridgehead atoms. The Labute approximate surface area is 197 Å². The molecule has 0 unspecified atom stereocenters. The van der Waals surface area contributed by atoms with Crippen LogP contribution in [0.2, 0.25) is 0 Å². The van der Waals surface area contributed by atoms with E-state index in [1.807, 2.05) is 48.5 Å². The molecule has 8 nitrogen and oxygen atoms in total. The average Bonchev–Trinajstić information content (AvgIpc) is 2.90. The molecule has 0 radical (unpaired) electrons. The second-order valence-corrected chi connectivity index (χ2v) is 8.31. The number of benzene rings is 3. The highest BCUT2D eigenvalue weighted by Crippen LogP contribution is 2.31. The third-order valence-electron chi connectivity index (χ3n) is 6.14. The molecule has 0 aromatic heterocycles. The van der Waals surface area contributed by atoms with Crippen LogP contribution in [0.15, 0.2) is 66.7 Å². The summed E-state index contributed by atoms with van der Waals surface area (Å²) in [4.78, 5) is 41.4. The van der Waals surface area contributed by atoms with Crippen molar-refractivity contribution in [1.82, 2.24) is 15.1 Å². The first kappa shape index (κ1) is 21.8. The topological polar surface area (TPSA) is 88.2 Å². The summed E-state index contributed by atoms with van der Waals surface area (Å²) in [7, 11) is 0. The van der Waals surface area contributed by atoms with E-state index in [-0.39, 0.29) is 30.9 Å². The van der Waals surface area contributed by atoms with E-state index >= 15 is 0 Å². The Morgan fingerprint density at radius 3 is 2.29 bits per heavy atom. The van der Waals surface area contributed by atoms with Crippen molar-refractivity contribution in [2.75, 3.05) is 39.3 Å². The van der Waals surface area contributed by atoms with Gasteiger partial charge in [0.25, 0.3) is 11.8 Å². The zero-order chi connectivity index (χ0) is 23.5. The quantitative estimate of drug-likeness (QED) is 0.646. The van der Waals surface area contributed by atoms with Crippen LogP contribution in [0.25, 0.3) is 10.8 Å². The van der Waals surface area contributed by atoms with Gasteiger partial charge in [0.1, 0.15) is 6.61 Å². The Hall–Kier alpha value is -4.07. The fraction of sp³-hybridized carbons (Fsp3) is 0.269. The molecule has 2 heterocycles. The molecule has 8 heteroatoms. The lowest BCUT2D eigenvalue weighted by atomic mass is 10.1. The van der Waals surface area contributed by atoms with Gasteiger partial charge in [-0.1, -0.05) is 42.5 Å². The van der Waals surface area contributed by atoms with Crippen molar-refractivity contribution in [3.05, 3.63) is 72.3 Å². The van der Waals surface area contributed by atoms with E-state index in [2.05, 4.69) is 5.32 Å². The number of nitrogens with one attached hydrogen (secondary N) is 1. The summed E-state index contributed by atoms with van der Waals surface area (Å²) in [6, 6.07) is 20.5. The predicted octanol–water partition coefficient (Wildman–Crippen LogP) is 2.08. The highest BCUT2D eigenvalue weighted by molar-refractivity contribution is 6.00. The zero-order valence-corrected chi connectivity index (χ0v) is 18.6. The van der Waals surface area contributed by atoms with Gasteiger partial charge in [0.05, 0.1) is 6.54 Å². The van der Waals surface area contributed by atoms with Crippen LogP contribution in [0.1, 0.15) is 10.4 Å². The fourth-order valence-electron chi connectivity index (χ4n) is 4.22. The summed E-state index contributed by atoms with van der Waals surface area (Å²) in [5.41, 5.74) is 0.512. The summed E-state index contributed by atoms with van der Waals surface area (Å²) in [5, 5.41) is 4.73. The van der Waals surface area contributed by atoms with Gasteiger partial charge in [0.2, 0.25) is 12.0 Å². The van der Waals surface area contributed by atoms with E-state index in [1.165, 1.54) is 0 Å². The lowest BCUT2D eigenvalue weighted by molar-refractivity contribution is -0.146. The largest absolute Gasteiger partial charge is 0.485 e. The van der Waals surface area contributed by atoms with Crippen molar-refractivity contribution in [1.29, 1.82) is 0 Å². The molecule has 0 aliphatic carbocycles. The summed E-state index contributed by atoms with van der Waals surface area (Å²) < 4.78 is 11.5. The third kappa shape index (κ3) is 4.52. The first-order chi connectivity index (χ1) is 16.6. The Bertz CT molecular complexity index is 1240. The molecule has 5 rings (SSSR count). The van der Waals surface area contributed by atoms with Crippen molar-refractivity contribution in [3.63, 3.8) is 0 Å². The smallest absolute Gasteiger partial charge is 0.267 e. The molecule has 3 amide bonds. The minimum atomic E-state index is -0.696. The Morgan fingerprint density at radius 1 is 0.824 bits per heavy atom. The first-order valence-electron chi connectivity index (χ1n) is 11.3. The number of carbonyl (C=O) groups excluding carboxylic acids is 3. The first-order valence-corrected chi connectivity index (χ1v) is 11.3. The number of rotatable bonds is 4. The molecule has 34 heavy (non-hydrogen) atoms. The minimum Gasteiger partial charge on any atom is -0.485 e. The standard InChI is InChI=1S/C26H25N3O5/c30-24(16-27-25(31)20-10-9-18-5-1-2-6-19(18)15-20)28-11-13-29(14-12-28)26(32)23-17-33-21-7-3-4-8-22(21)34-23/h1-10,15,23H,11-14,16-17H2,(H,27,31)/t23-/m1/s1. The molecule has 1 fully saturated rings. The van der Waals surface area contributed by atoms with Gasteiger partial charge >= 0.3 is 0 Å². The van der Waals surface area contributed by atoms with Crippen LogP contribution in [0, 0.1) is 0 Å². The molecule has 0 spiro atoms. The number of para-hydroxylation sites is 2. The van der Waals surface area contributed by atoms with E-state index in [0.717, 1.165) is 10.8 Å². The van der Waals surface area contributed by atoms with Gasteiger partial charge in [-0.3, -0.25) is 14.4 Å². The van der Waals surface area contributed by atoms with Crippen LogP contribution in [-0.4, -0.2) is 73.0 Å². The minimum absolute atomic E-state index is 0.0873. The van der Waals surface area contributed by atoms with Gasteiger partial charge in [-0.25, -0.2) is 0 Å². The van der Waals surface area contributed by atoms with Crippen molar-refractivity contribution < 1.29 is 23.9 Å². The van der Waals surface area contributed by atoms with Crippen LogP contribution < -0.4 is 14.8 Å². The molecular weight excluding hydrogens is 434 g/mol. The molecule has 2 aliphatic rings. The number of fused-ring (bicyclic) bond motifs is 2. The van der Waals surface area contributed by atoms with Crippen LogP contribution in [-0.2, 0) is 9.59 Å². The maximum atomic E-state index is 12.9. The second kappa shape index (κ2) is 9.43. The second-order valence-electron chi connectivity index (χ2n) is 8.31. The van der Waals surface area contributed by atoms with Crippen LogP contribution in [0.3, 0.4) is 0 Å². The maximum absolute atomic E-state index is 12.9. The van der Waals surface area contributed by atoms with Gasteiger partial charge in [-0.15, -0.1) is 0 Å². The molecule has 3 aromatic rings. The van der Waals surface area contributed by atoms with Gasteiger partial charge in [0, 0.05) is 31.7 Å².